The number of carbonyl (C=O) groups excluding carboxylic acids is 1. The van der Waals surface area contributed by atoms with Crippen LogP contribution in [0.25, 0.3) is 11.0 Å². The van der Waals surface area contributed by atoms with Gasteiger partial charge in [0.1, 0.15) is 5.65 Å². The Labute approximate surface area is 111 Å². The lowest BCUT2D eigenvalue weighted by molar-refractivity contribution is 0.0964. The van der Waals surface area contributed by atoms with Gasteiger partial charge >= 0.3 is 0 Å². The summed E-state index contributed by atoms with van der Waals surface area (Å²) in [6, 6.07) is 1.73. The number of hydrogen-bond donors (Lipinski definition) is 1. The highest BCUT2D eigenvalue weighted by Crippen LogP contribution is 2.31. The van der Waals surface area contributed by atoms with Gasteiger partial charge in [-0.2, -0.15) is 0 Å². The molecule has 18 heavy (non-hydrogen) atoms. The van der Waals surface area contributed by atoms with Crippen molar-refractivity contribution in [2.75, 3.05) is 0 Å². The van der Waals surface area contributed by atoms with Gasteiger partial charge in [0.25, 0.3) is 0 Å². The second kappa shape index (κ2) is 4.73. The van der Waals surface area contributed by atoms with Gasteiger partial charge in [-0.3, -0.25) is 4.79 Å². The molecule has 0 unspecified atom stereocenters. The summed E-state index contributed by atoms with van der Waals surface area (Å²) in [7, 11) is 0. The summed E-state index contributed by atoms with van der Waals surface area (Å²) in [6.07, 6.45) is 8.90. The molecule has 1 fully saturated rings. The molecule has 0 aliphatic heterocycles. The van der Waals surface area contributed by atoms with Crippen molar-refractivity contribution in [2.24, 2.45) is 5.92 Å². The van der Waals surface area contributed by atoms with Gasteiger partial charge < -0.3 is 4.98 Å². The zero-order valence-electron chi connectivity index (χ0n) is 10.1. The Kier molecular flexibility index (Phi) is 3.08. The Morgan fingerprint density at radius 1 is 1.44 bits per heavy atom. The maximum absolute atomic E-state index is 12.3. The van der Waals surface area contributed by atoms with E-state index in [4.69, 9.17) is 11.6 Å². The number of H-pyrrole nitrogens is 1. The zero-order chi connectivity index (χ0) is 12.5. The van der Waals surface area contributed by atoms with E-state index in [0.717, 1.165) is 5.39 Å². The maximum Gasteiger partial charge on any atom is 0.165 e. The van der Waals surface area contributed by atoms with Crippen molar-refractivity contribution in [3.63, 3.8) is 0 Å². The standard InChI is InChI=1S/C14H15ClN2O/c15-11-5-6-16-14-13(11)10(8-17-14)12(18)7-9-3-1-2-4-9/h5-6,8-9H,1-4,7H2,(H,16,17). The molecular weight excluding hydrogens is 248 g/mol. The van der Waals surface area contributed by atoms with Crippen LogP contribution in [0.5, 0.6) is 0 Å². The SMILES string of the molecule is O=C(CC1CCCC1)c1c[nH]c2nccc(Cl)c12. The highest BCUT2D eigenvalue weighted by atomic mass is 35.5. The van der Waals surface area contributed by atoms with Crippen LogP contribution in [0.3, 0.4) is 0 Å². The molecule has 0 radical (unpaired) electrons. The topological polar surface area (TPSA) is 45.8 Å². The Morgan fingerprint density at radius 3 is 3.00 bits per heavy atom. The Balaban J connectivity index is 1.91. The van der Waals surface area contributed by atoms with Crippen LogP contribution in [0.4, 0.5) is 0 Å². The minimum atomic E-state index is 0.183. The first-order valence-corrected chi connectivity index (χ1v) is 6.78. The predicted molar refractivity (Wildman–Crippen MR) is 72.0 cm³/mol. The van der Waals surface area contributed by atoms with E-state index in [9.17, 15) is 4.79 Å². The molecule has 0 atom stereocenters. The predicted octanol–water partition coefficient (Wildman–Crippen LogP) is 3.98. The van der Waals surface area contributed by atoms with Crippen LogP contribution >= 0.6 is 11.6 Å². The molecule has 1 saturated carbocycles. The third-order valence-electron chi connectivity index (χ3n) is 3.77. The first-order valence-electron chi connectivity index (χ1n) is 6.40. The molecule has 0 saturated heterocycles. The number of Topliss-reactive ketones (excluding diaryl/α,β-unsaturated/α-hetero) is 1. The smallest absolute Gasteiger partial charge is 0.165 e. The van der Waals surface area contributed by atoms with Gasteiger partial charge in [-0.05, 0) is 12.0 Å². The van der Waals surface area contributed by atoms with E-state index in [1.807, 2.05) is 0 Å². The van der Waals surface area contributed by atoms with Crippen molar-refractivity contribution in [1.29, 1.82) is 0 Å². The number of hydrogen-bond acceptors (Lipinski definition) is 2. The van der Waals surface area contributed by atoms with E-state index in [1.165, 1.54) is 25.7 Å². The third-order valence-corrected chi connectivity index (χ3v) is 4.09. The molecule has 1 aliphatic rings. The normalized spacial score (nSPS) is 16.5. The average molecular weight is 263 g/mol. The molecule has 4 heteroatoms. The van der Waals surface area contributed by atoms with Gasteiger partial charge in [0, 0.05) is 29.8 Å². The van der Waals surface area contributed by atoms with E-state index >= 15 is 0 Å². The van der Waals surface area contributed by atoms with E-state index in [2.05, 4.69) is 9.97 Å². The lowest BCUT2D eigenvalue weighted by Crippen LogP contribution is -2.05. The molecule has 1 aliphatic carbocycles. The highest BCUT2D eigenvalue weighted by molar-refractivity contribution is 6.36. The highest BCUT2D eigenvalue weighted by Gasteiger charge is 2.22. The number of nitrogens with one attached hydrogen (secondary N) is 1. The van der Waals surface area contributed by atoms with Crippen LogP contribution in [0.2, 0.25) is 5.02 Å². The number of carbonyl (C=O) groups is 1. The van der Waals surface area contributed by atoms with E-state index in [1.54, 1.807) is 18.5 Å². The minimum Gasteiger partial charge on any atom is -0.345 e. The van der Waals surface area contributed by atoms with Crippen molar-refractivity contribution < 1.29 is 4.79 Å². The molecule has 1 N–H and O–H groups in total. The molecule has 0 spiro atoms. The monoisotopic (exact) mass is 262 g/mol. The van der Waals surface area contributed by atoms with Gasteiger partial charge in [-0.1, -0.05) is 37.3 Å². The van der Waals surface area contributed by atoms with Gasteiger partial charge in [0.2, 0.25) is 0 Å². The fourth-order valence-electron chi connectivity index (χ4n) is 2.82. The largest absolute Gasteiger partial charge is 0.345 e. The lowest BCUT2D eigenvalue weighted by atomic mass is 9.97. The molecular formula is C14H15ClN2O. The van der Waals surface area contributed by atoms with Gasteiger partial charge in [-0.25, -0.2) is 4.98 Å². The summed E-state index contributed by atoms with van der Waals surface area (Å²) in [6.45, 7) is 0. The fraction of sp³-hybridized carbons (Fsp3) is 0.429. The zero-order valence-corrected chi connectivity index (χ0v) is 10.8. The van der Waals surface area contributed by atoms with Gasteiger partial charge in [-0.15, -0.1) is 0 Å². The van der Waals surface area contributed by atoms with E-state index < -0.39 is 0 Å². The van der Waals surface area contributed by atoms with Crippen LogP contribution in [0.1, 0.15) is 42.5 Å². The van der Waals surface area contributed by atoms with E-state index in [0.29, 0.717) is 28.6 Å². The summed E-state index contributed by atoms with van der Waals surface area (Å²) in [5, 5.41) is 1.36. The van der Waals surface area contributed by atoms with Crippen molar-refractivity contribution in [1.82, 2.24) is 9.97 Å². The number of nitrogens with zero attached hydrogens (tertiary/aromatic N) is 1. The van der Waals surface area contributed by atoms with E-state index in [-0.39, 0.29) is 5.78 Å². The Hall–Kier alpha value is -1.35. The molecule has 0 bridgehead atoms. The fourth-order valence-corrected chi connectivity index (χ4v) is 3.07. The van der Waals surface area contributed by atoms with Crippen LogP contribution in [0, 0.1) is 5.92 Å². The Morgan fingerprint density at radius 2 is 2.22 bits per heavy atom. The van der Waals surface area contributed by atoms with Gasteiger partial charge in [0.05, 0.1) is 5.02 Å². The van der Waals surface area contributed by atoms with Crippen LogP contribution in [-0.4, -0.2) is 15.8 Å². The number of aromatic nitrogens is 2. The number of halogens is 1. The first-order chi connectivity index (χ1) is 8.75. The minimum absolute atomic E-state index is 0.183. The molecule has 3 rings (SSSR count). The van der Waals surface area contributed by atoms with Crippen molar-refractivity contribution in [3.05, 3.63) is 29.0 Å². The van der Waals surface area contributed by atoms with Crippen molar-refractivity contribution in [2.45, 2.75) is 32.1 Å². The lowest BCUT2D eigenvalue weighted by Gasteiger charge is -2.07. The van der Waals surface area contributed by atoms with Crippen LogP contribution in [-0.2, 0) is 0 Å². The molecule has 0 aromatic carbocycles. The maximum atomic E-state index is 12.3. The molecule has 2 aromatic rings. The summed E-state index contributed by atoms with van der Waals surface area (Å²) in [4.78, 5) is 19.5. The number of ketones is 1. The summed E-state index contributed by atoms with van der Waals surface area (Å²) >= 11 is 6.15. The summed E-state index contributed by atoms with van der Waals surface area (Å²) < 4.78 is 0. The molecule has 94 valence electrons. The van der Waals surface area contributed by atoms with Crippen molar-refractivity contribution in [3.8, 4) is 0 Å². The van der Waals surface area contributed by atoms with Crippen molar-refractivity contribution >= 4 is 28.4 Å². The second-order valence-electron chi connectivity index (χ2n) is 5.00. The first kappa shape index (κ1) is 11.7. The van der Waals surface area contributed by atoms with Gasteiger partial charge in [0.15, 0.2) is 5.78 Å². The number of rotatable bonds is 3. The van der Waals surface area contributed by atoms with Crippen LogP contribution in [0.15, 0.2) is 18.5 Å². The third kappa shape index (κ3) is 2.03. The summed E-state index contributed by atoms with van der Waals surface area (Å²) in [5.74, 6) is 0.737. The molecule has 3 nitrogen and oxygen atoms in total. The number of aromatic amines is 1. The second-order valence-corrected chi connectivity index (χ2v) is 5.40. The Bertz CT molecular complexity index is 584. The average Bonchev–Trinajstić information content (AvgIpc) is 2.97. The molecule has 2 heterocycles. The quantitative estimate of drug-likeness (QED) is 0.851. The molecule has 0 amide bonds. The molecule has 2 aromatic heterocycles. The number of fused-ring (bicyclic) bond motifs is 1. The van der Waals surface area contributed by atoms with Crippen LogP contribution < -0.4 is 0 Å². The number of pyridine rings is 1. The summed E-state index contributed by atoms with van der Waals surface area (Å²) in [5.41, 5.74) is 1.38.